The predicted molar refractivity (Wildman–Crippen MR) is 85.4 cm³/mol. The fraction of sp³-hybridized carbons (Fsp3) is 0.684. The Kier molecular flexibility index (Phi) is 4.97. The Balaban J connectivity index is 1.87. The predicted octanol–water partition coefficient (Wildman–Crippen LogP) is 4.07. The number of benzene rings is 1. The van der Waals surface area contributed by atoms with E-state index in [1.54, 1.807) is 0 Å². The zero-order chi connectivity index (χ0) is 14.5. The topological polar surface area (TPSA) is 29.5 Å². The van der Waals surface area contributed by atoms with Crippen LogP contribution < -0.4 is 0 Å². The smallest absolute Gasteiger partial charge is 0.0666 e. The molecule has 0 amide bonds. The van der Waals surface area contributed by atoms with Crippen LogP contribution in [0, 0.1) is 5.92 Å². The summed E-state index contributed by atoms with van der Waals surface area (Å²) in [5, 5.41) is 11.3. The summed E-state index contributed by atoms with van der Waals surface area (Å²) in [5.74, 6) is 0.464. The van der Waals surface area contributed by atoms with Crippen LogP contribution in [-0.4, -0.2) is 24.4 Å². The summed E-state index contributed by atoms with van der Waals surface area (Å²) in [6.07, 6.45) is 9.31. The summed E-state index contributed by atoms with van der Waals surface area (Å²) in [4.78, 5) is 0. The van der Waals surface area contributed by atoms with Crippen molar-refractivity contribution in [2.75, 3.05) is 13.2 Å². The zero-order valence-electron chi connectivity index (χ0n) is 13.0. The minimum Gasteiger partial charge on any atom is -0.392 e. The van der Waals surface area contributed by atoms with E-state index in [9.17, 15) is 5.11 Å². The van der Waals surface area contributed by atoms with Crippen molar-refractivity contribution < 1.29 is 9.84 Å². The highest BCUT2D eigenvalue weighted by Crippen LogP contribution is 2.43. The third-order valence-electron chi connectivity index (χ3n) is 5.65. The van der Waals surface area contributed by atoms with Gasteiger partial charge in [-0.1, -0.05) is 56.0 Å². The Morgan fingerprint density at radius 1 is 0.952 bits per heavy atom. The van der Waals surface area contributed by atoms with Crippen molar-refractivity contribution in [3.8, 4) is 0 Å². The lowest BCUT2D eigenvalue weighted by molar-refractivity contribution is -0.0436. The summed E-state index contributed by atoms with van der Waals surface area (Å²) in [6.45, 7) is 1.55. The molecule has 1 aromatic carbocycles. The standard InChI is InChI=1S/C19H28O2/c20-18(16-8-4-1-2-5-9-16)19(12-14-21-15-13-19)17-10-6-3-7-11-17/h3,6-7,10-11,16,18,20H,1-2,4-5,8-9,12-15H2. The van der Waals surface area contributed by atoms with Gasteiger partial charge in [0, 0.05) is 18.6 Å². The Morgan fingerprint density at radius 3 is 2.19 bits per heavy atom. The molecule has 2 nitrogen and oxygen atoms in total. The molecule has 1 heterocycles. The summed E-state index contributed by atoms with van der Waals surface area (Å²) < 4.78 is 5.60. The normalized spacial score (nSPS) is 25.2. The summed E-state index contributed by atoms with van der Waals surface area (Å²) in [5.41, 5.74) is 1.22. The second-order valence-electron chi connectivity index (χ2n) is 6.83. The van der Waals surface area contributed by atoms with Crippen molar-refractivity contribution in [3.05, 3.63) is 35.9 Å². The van der Waals surface area contributed by atoms with E-state index in [4.69, 9.17) is 4.74 Å². The second-order valence-corrected chi connectivity index (χ2v) is 6.83. The van der Waals surface area contributed by atoms with Crippen LogP contribution in [0.3, 0.4) is 0 Å². The van der Waals surface area contributed by atoms with Crippen molar-refractivity contribution in [3.63, 3.8) is 0 Å². The first-order valence-corrected chi connectivity index (χ1v) is 8.64. The average Bonchev–Trinajstić information content (AvgIpc) is 2.85. The maximum Gasteiger partial charge on any atom is 0.0666 e. The first-order chi connectivity index (χ1) is 10.3. The lowest BCUT2D eigenvalue weighted by Crippen LogP contribution is -2.47. The molecule has 1 aliphatic carbocycles. The summed E-state index contributed by atoms with van der Waals surface area (Å²) >= 11 is 0. The van der Waals surface area contributed by atoms with E-state index in [0.29, 0.717) is 5.92 Å². The molecule has 1 saturated heterocycles. The van der Waals surface area contributed by atoms with Crippen LogP contribution in [0.2, 0.25) is 0 Å². The van der Waals surface area contributed by atoms with Crippen LogP contribution in [-0.2, 0) is 10.2 Å². The molecule has 2 fully saturated rings. The van der Waals surface area contributed by atoms with Crippen molar-refractivity contribution in [2.45, 2.75) is 62.9 Å². The molecule has 0 aromatic heterocycles. The number of aliphatic hydroxyl groups is 1. The first kappa shape index (κ1) is 15.1. The minimum atomic E-state index is -0.220. The highest BCUT2D eigenvalue weighted by Gasteiger charge is 2.44. The molecule has 2 aliphatic rings. The van der Waals surface area contributed by atoms with Gasteiger partial charge in [0.05, 0.1) is 6.10 Å². The van der Waals surface area contributed by atoms with Gasteiger partial charge in [0.15, 0.2) is 0 Å². The Hall–Kier alpha value is -0.860. The highest BCUT2D eigenvalue weighted by atomic mass is 16.5. The van der Waals surface area contributed by atoms with Crippen molar-refractivity contribution in [1.29, 1.82) is 0 Å². The van der Waals surface area contributed by atoms with Crippen LogP contribution in [0.4, 0.5) is 0 Å². The maximum atomic E-state index is 11.3. The van der Waals surface area contributed by atoms with Crippen LogP contribution in [0.25, 0.3) is 0 Å². The van der Waals surface area contributed by atoms with Crippen LogP contribution in [0.5, 0.6) is 0 Å². The van der Waals surface area contributed by atoms with E-state index >= 15 is 0 Å². The molecule has 21 heavy (non-hydrogen) atoms. The van der Waals surface area contributed by atoms with Gasteiger partial charge in [-0.15, -0.1) is 0 Å². The quantitative estimate of drug-likeness (QED) is 0.850. The van der Waals surface area contributed by atoms with E-state index in [-0.39, 0.29) is 11.5 Å². The number of ether oxygens (including phenoxy) is 1. The number of aliphatic hydroxyl groups excluding tert-OH is 1. The molecule has 116 valence electrons. The second kappa shape index (κ2) is 6.93. The molecular weight excluding hydrogens is 260 g/mol. The highest BCUT2D eigenvalue weighted by molar-refractivity contribution is 5.28. The third kappa shape index (κ3) is 3.17. The lowest BCUT2D eigenvalue weighted by Gasteiger charge is -2.44. The zero-order valence-corrected chi connectivity index (χ0v) is 13.0. The molecule has 0 radical (unpaired) electrons. The van der Waals surface area contributed by atoms with Gasteiger partial charge >= 0.3 is 0 Å². The molecule has 1 atom stereocenters. The molecule has 1 unspecified atom stereocenters. The molecular formula is C19H28O2. The van der Waals surface area contributed by atoms with Gasteiger partial charge in [0.1, 0.15) is 0 Å². The molecule has 1 N–H and O–H groups in total. The van der Waals surface area contributed by atoms with Gasteiger partial charge in [0.2, 0.25) is 0 Å². The lowest BCUT2D eigenvalue weighted by atomic mass is 9.65. The Morgan fingerprint density at radius 2 is 1.57 bits per heavy atom. The van der Waals surface area contributed by atoms with Gasteiger partial charge in [-0.3, -0.25) is 0 Å². The molecule has 1 aromatic rings. The molecule has 0 bridgehead atoms. The molecule has 1 aliphatic heterocycles. The van der Waals surface area contributed by atoms with Crippen LogP contribution in [0.15, 0.2) is 30.3 Å². The van der Waals surface area contributed by atoms with Crippen LogP contribution in [0.1, 0.15) is 56.9 Å². The van der Waals surface area contributed by atoms with Gasteiger partial charge in [-0.2, -0.15) is 0 Å². The van der Waals surface area contributed by atoms with Crippen molar-refractivity contribution >= 4 is 0 Å². The average molecular weight is 288 g/mol. The van der Waals surface area contributed by atoms with E-state index in [2.05, 4.69) is 30.3 Å². The maximum absolute atomic E-state index is 11.3. The molecule has 0 spiro atoms. The molecule has 2 heteroatoms. The van der Waals surface area contributed by atoms with E-state index < -0.39 is 0 Å². The third-order valence-corrected chi connectivity index (χ3v) is 5.65. The Bertz CT molecular complexity index is 414. The Labute approximate surface area is 128 Å². The number of rotatable bonds is 3. The summed E-state index contributed by atoms with van der Waals surface area (Å²) in [6, 6.07) is 10.7. The van der Waals surface area contributed by atoms with E-state index in [0.717, 1.165) is 26.1 Å². The number of hydrogen-bond donors (Lipinski definition) is 1. The van der Waals surface area contributed by atoms with Crippen LogP contribution >= 0.6 is 0 Å². The number of hydrogen-bond acceptors (Lipinski definition) is 2. The van der Waals surface area contributed by atoms with E-state index in [1.165, 1.54) is 44.1 Å². The first-order valence-electron chi connectivity index (χ1n) is 8.64. The van der Waals surface area contributed by atoms with Gasteiger partial charge in [0.25, 0.3) is 0 Å². The monoisotopic (exact) mass is 288 g/mol. The molecule has 3 rings (SSSR count). The minimum absolute atomic E-state index is 0.0888. The fourth-order valence-electron chi connectivity index (χ4n) is 4.34. The van der Waals surface area contributed by atoms with Crippen molar-refractivity contribution in [2.24, 2.45) is 5.92 Å². The fourth-order valence-corrected chi connectivity index (χ4v) is 4.34. The van der Waals surface area contributed by atoms with Gasteiger partial charge in [-0.25, -0.2) is 0 Å². The van der Waals surface area contributed by atoms with Gasteiger partial charge in [-0.05, 0) is 37.2 Å². The van der Waals surface area contributed by atoms with Gasteiger partial charge < -0.3 is 9.84 Å². The molecule has 1 saturated carbocycles. The SMILES string of the molecule is OC(C1CCCCCC1)C1(c2ccccc2)CCOCC1. The van der Waals surface area contributed by atoms with Crippen molar-refractivity contribution in [1.82, 2.24) is 0 Å². The summed E-state index contributed by atoms with van der Waals surface area (Å²) in [7, 11) is 0. The largest absolute Gasteiger partial charge is 0.392 e. The van der Waals surface area contributed by atoms with E-state index in [1.807, 2.05) is 0 Å².